The molecule has 2 nitrogen and oxygen atoms in total. The lowest BCUT2D eigenvalue weighted by Crippen LogP contribution is -2.04. The Bertz CT molecular complexity index is 352. The molecule has 0 saturated heterocycles. The SMILES string of the molecule is COC(=O)c1c(Br)ccc(F)c1Br. The second kappa shape index (κ2) is 4.19. The summed E-state index contributed by atoms with van der Waals surface area (Å²) in [5.74, 6) is -1.08. The molecule has 0 saturated carbocycles. The van der Waals surface area contributed by atoms with Crippen LogP contribution >= 0.6 is 31.9 Å². The van der Waals surface area contributed by atoms with E-state index in [9.17, 15) is 9.18 Å². The smallest absolute Gasteiger partial charge is 0.340 e. The van der Waals surface area contributed by atoms with Crippen LogP contribution in [0.1, 0.15) is 10.4 Å². The number of hydrogen-bond acceptors (Lipinski definition) is 2. The number of hydrogen-bond donors (Lipinski definition) is 0. The van der Waals surface area contributed by atoms with Gasteiger partial charge in [-0.05, 0) is 44.0 Å². The van der Waals surface area contributed by atoms with Gasteiger partial charge in [0.25, 0.3) is 0 Å². The first-order valence-electron chi connectivity index (χ1n) is 3.29. The number of halogens is 3. The largest absolute Gasteiger partial charge is 0.465 e. The van der Waals surface area contributed by atoms with Gasteiger partial charge in [0.2, 0.25) is 0 Å². The average Bonchev–Trinajstić information content (AvgIpc) is 2.12. The number of methoxy groups -OCH3 is 1. The Morgan fingerprint density at radius 3 is 2.62 bits per heavy atom. The molecule has 0 atom stereocenters. The lowest BCUT2D eigenvalue weighted by atomic mass is 10.2. The second-order valence-electron chi connectivity index (χ2n) is 2.21. The molecule has 5 heteroatoms. The first-order chi connectivity index (χ1) is 6.07. The maximum Gasteiger partial charge on any atom is 0.340 e. The maximum absolute atomic E-state index is 13.0. The standard InChI is InChI=1S/C8H5Br2FO2/c1-13-8(12)6-4(9)2-3-5(11)7(6)10/h2-3H,1H3. The molecule has 13 heavy (non-hydrogen) atoms. The van der Waals surface area contributed by atoms with Gasteiger partial charge in [-0.25, -0.2) is 9.18 Å². The van der Waals surface area contributed by atoms with E-state index in [-0.39, 0.29) is 10.0 Å². The average molecular weight is 312 g/mol. The summed E-state index contributed by atoms with van der Waals surface area (Å²) < 4.78 is 18.1. The van der Waals surface area contributed by atoms with E-state index in [0.717, 1.165) is 0 Å². The monoisotopic (exact) mass is 310 g/mol. The van der Waals surface area contributed by atoms with Crippen molar-refractivity contribution in [1.82, 2.24) is 0 Å². The Morgan fingerprint density at radius 1 is 1.46 bits per heavy atom. The van der Waals surface area contributed by atoms with Gasteiger partial charge in [0.15, 0.2) is 0 Å². The summed E-state index contributed by atoms with van der Waals surface area (Å²) in [5.41, 5.74) is 0.155. The second-order valence-corrected chi connectivity index (χ2v) is 3.86. The lowest BCUT2D eigenvalue weighted by Gasteiger charge is -2.05. The third-order valence-corrected chi connectivity index (χ3v) is 2.87. The zero-order valence-corrected chi connectivity index (χ0v) is 9.78. The third kappa shape index (κ3) is 2.08. The van der Waals surface area contributed by atoms with Crippen LogP contribution in [0.25, 0.3) is 0 Å². The Hall–Kier alpha value is -0.420. The van der Waals surface area contributed by atoms with Crippen LogP contribution in [0, 0.1) is 5.82 Å². The van der Waals surface area contributed by atoms with Crippen molar-refractivity contribution >= 4 is 37.8 Å². The molecule has 1 aromatic rings. The zero-order valence-electron chi connectivity index (χ0n) is 6.61. The molecular weight excluding hydrogens is 307 g/mol. The molecule has 0 unspecified atom stereocenters. The van der Waals surface area contributed by atoms with Crippen LogP contribution in [0.2, 0.25) is 0 Å². The van der Waals surface area contributed by atoms with Crippen molar-refractivity contribution in [2.45, 2.75) is 0 Å². The molecule has 0 N–H and O–H groups in total. The Morgan fingerprint density at radius 2 is 2.08 bits per heavy atom. The van der Waals surface area contributed by atoms with Gasteiger partial charge in [-0.1, -0.05) is 0 Å². The van der Waals surface area contributed by atoms with E-state index in [4.69, 9.17) is 0 Å². The van der Waals surface area contributed by atoms with Gasteiger partial charge in [0.1, 0.15) is 5.82 Å². The van der Waals surface area contributed by atoms with E-state index in [2.05, 4.69) is 36.6 Å². The van der Waals surface area contributed by atoms with Crippen molar-refractivity contribution in [1.29, 1.82) is 0 Å². The molecule has 0 heterocycles. The van der Waals surface area contributed by atoms with Crippen LogP contribution in [0.3, 0.4) is 0 Å². The van der Waals surface area contributed by atoms with Crippen LogP contribution in [0.4, 0.5) is 4.39 Å². The summed E-state index contributed by atoms with van der Waals surface area (Å²) in [6.07, 6.45) is 0. The maximum atomic E-state index is 13.0. The first kappa shape index (κ1) is 10.7. The van der Waals surface area contributed by atoms with E-state index in [1.54, 1.807) is 0 Å². The van der Waals surface area contributed by atoms with E-state index in [0.29, 0.717) is 4.47 Å². The summed E-state index contributed by atoms with van der Waals surface area (Å²) in [7, 11) is 1.24. The predicted molar refractivity (Wildman–Crippen MR) is 53.1 cm³/mol. The van der Waals surface area contributed by atoms with E-state index in [1.165, 1.54) is 19.2 Å². The molecule has 0 aliphatic carbocycles. The van der Waals surface area contributed by atoms with Crippen LogP contribution in [0.15, 0.2) is 21.1 Å². The van der Waals surface area contributed by atoms with Crippen LogP contribution in [0.5, 0.6) is 0 Å². The summed E-state index contributed by atoms with van der Waals surface area (Å²) in [6.45, 7) is 0. The third-order valence-electron chi connectivity index (χ3n) is 1.43. The highest BCUT2D eigenvalue weighted by atomic mass is 79.9. The van der Waals surface area contributed by atoms with Gasteiger partial charge in [0.05, 0.1) is 17.1 Å². The number of carbonyl (C=O) groups excluding carboxylic acids is 1. The minimum Gasteiger partial charge on any atom is -0.465 e. The fourth-order valence-corrected chi connectivity index (χ4v) is 2.08. The molecule has 1 rings (SSSR count). The molecule has 0 fully saturated rings. The molecule has 0 aliphatic rings. The fourth-order valence-electron chi connectivity index (χ4n) is 0.816. The van der Waals surface area contributed by atoms with Crippen molar-refractivity contribution < 1.29 is 13.9 Å². The zero-order chi connectivity index (χ0) is 10.0. The normalized spacial score (nSPS) is 9.85. The summed E-state index contributed by atoms with van der Waals surface area (Å²) in [5, 5.41) is 0. The molecule has 0 amide bonds. The summed E-state index contributed by atoms with van der Waals surface area (Å²) in [6, 6.07) is 2.70. The van der Waals surface area contributed by atoms with Gasteiger partial charge in [-0.2, -0.15) is 0 Å². The predicted octanol–water partition coefficient (Wildman–Crippen LogP) is 3.14. The number of carbonyl (C=O) groups is 1. The minimum absolute atomic E-state index is 0.105. The quantitative estimate of drug-likeness (QED) is 0.588. The number of ether oxygens (including phenoxy) is 1. The van der Waals surface area contributed by atoms with Crippen LogP contribution < -0.4 is 0 Å². The highest BCUT2D eigenvalue weighted by Crippen LogP contribution is 2.28. The number of benzene rings is 1. The fraction of sp³-hybridized carbons (Fsp3) is 0.125. The van der Waals surface area contributed by atoms with Gasteiger partial charge in [-0.3, -0.25) is 0 Å². The van der Waals surface area contributed by atoms with Gasteiger partial charge in [0, 0.05) is 4.47 Å². The van der Waals surface area contributed by atoms with E-state index < -0.39 is 11.8 Å². The highest BCUT2D eigenvalue weighted by Gasteiger charge is 2.17. The number of esters is 1. The van der Waals surface area contributed by atoms with Gasteiger partial charge in [-0.15, -0.1) is 0 Å². The van der Waals surface area contributed by atoms with Gasteiger partial charge >= 0.3 is 5.97 Å². The topological polar surface area (TPSA) is 26.3 Å². The summed E-state index contributed by atoms with van der Waals surface area (Å²) >= 11 is 6.09. The molecule has 0 radical (unpaired) electrons. The van der Waals surface area contributed by atoms with Crippen LogP contribution in [-0.4, -0.2) is 13.1 Å². The van der Waals surface area contributed by atoms with Crippen molar-refractivity contribution in [2.75, 3.05) is 7.11 Å². The van der Waals surface area contributed by atoms with Crippen LogP contribution in [-0.2, 0) is 4.74 Å². The highest BCUT2D eigenvalue weighted by molar-refractivity contribution is 9.11. The van der Waals surface area contributed by atoms with E-state index >= 15 is 0 Å². The molecule has 0 aromatic heterocycles. The van der Waals surface area contributed by atoms with Crippen molar-refractivity contribution in [2.24, 2.45) is 0 Å². The lowest BCUT2D eigenvalue weighted by molar-refractivity contribution is 0.0598. The molecule has 0 spiro atoms. The minimum atomic E-state index is -0.585. The van der Waals surface area contributed by atoms with Crippen molar-refractivity contribution in [3.05, 3.63) is 32.5 Å². The molecule has 70 valence electrons. The Labute approximate surface area is 91.3 Å². The summed E-state index contributed by atoms with van der Waals surface area (Å²) in [4.78, 5) is 11.2. The van der Waals surface area contributed by atoms with Crippen molar-refractivity contribution in [3.63, 3.8) is 0 Å². The van der Waals surface area contributed by atoms with E-state index in [1.807, 2.05) is 0 Å². The first-order valence-corrected chi connectivity index (χ1v) is 4.88. The number of rotatable bonds is 1. The molecule has 0 bridgehead atoms. The van der Waals surface area contributed by atoms with Crippen molar-refractivity contribution in [3.8, 4) is 0 Å². The molecular formula is C8H5Br2FO2. The van der Waals surface area contributed by atoms with Gasteiger partial charge < -0.3 is 4.74 Å². The molecule has 0 aliphatic heterocycles. The molecule has 1 aromatic carbocycles. The Balaban J connectivity index is 3.33. The Kier molecular flexibility index (Phi) is 3.44.